The summed E-state index contributed by atoms with van der Waals surface area (Å²) in [5.41, 5.74) is 5.72. The lowest BCUT2D eigenvalue weighted by Crippen LogP contribution is -2.24. The molecule has 182 valence electrons. The number of carboxylic acids is 1. The lowest BCUT2D eigenvalue weighted by atomic mass is 10.00. The zero-order valence-corrected chi connectivity index (χ0v) is 20.3. The molecular formula is C30H33NO4. The lowest BCUT2D eigenvalue weighted by molar-refractivity contribution is -0.132. The van der Waals surface area contributed by atoms with Crippen LogP contribution in [0.25, 0.3) is 17.2 Å². The zero-order chi connectivity index (χ0) is 24.5. The standard InChI is InChI=1S/C30H33NO4/c1-2-3-17-34-18-19-35-28-12-9-24(10-13-28)25-11-14-29-27(20-25)21-26(30(32)33)15-16-31(29)22-23-7-5-4-6-8-23/h4-14,20-21H,2-3,15-19,22H2,1H3,(H,32,33). The number of hydrogen-bond donors (Lipinski definition) is 1. The maximum absolute atomic E-state index is 11.8. The van der Waals surface area contributed by atoms with E-state index in [1.54, 1.807) is 0 Å². The minimum Gasteiger partial charge on any atom is -0.491 e. The molecule has 0 spiro atoms. The third kappa shape index (κ3) is 6.74. The smallest absolute Gasteiger partial charge is 0.331 e. The van der Waals surface area contributed by atoms with Gasteiger partial charge in [0.1, 0.15) is 12.4 Å². The van der Waals surface area contributed by atoms with Gasteiger partial charge < -0.3 is 19.5 Å². The number of carbonyl (C=O) groups is 1. The molecule has 1 aliphatic heterocycles. The summed E-state index contributed by atoms with van der Waals surface area (Å²) >= 11 is 0. The third-order valence-electron chi connectivity index (χ3n) is 6.17. The van der Waals surface area contributed by atoms with Crippen LogP contribution in [0, 0.1) is 0 Å². The van der Waals surface area contributed by atoms with Gasteiger partial charge in [-0.25, -0.2) is 4.79 Å². The maximum Gasteiger partial charge on any atom is 0.331 e. The number of anilines is 1. The predicted molar refractivity (Wildman–Crippen MR) is 141 cm³/mol. The lowest BCUT2D eigenvalue weighted by Gasteiger charge is -2.25. The highest BCUT2D eigenvalue weighted by molar-refractivity contribution is 5.94. The summed E-state index contributed by atoms with van der Waals surface area (Å²) in [5, 5.41) is 9.70. The number of unbranched alkanes of at least 4 members (excludes halogenated alkanes) is 1. The molecule has 1 aliphatic rings. The van der Waals surface area contributed by atoms with Crippen molar-refractivity contribution in [2.24, 2.45) is 0 Å². The fraction of sp³-hybridized carbons (Fsp3) is 0.300. The fourth-order valence-corrected chi connectivity index (χ4v) is 4.22. The van der Waals surface area contributed by atoms with Gasteiger partial charge in [0.15, 0.2) is 0 Å². The molecule has 4 rings (SSSR count). The van der Waals surface area contributed by atoms with Gasteiger partial charge in [0.25, 0.3) is 0 Å². The molecule has 3 aromatic rings. The van der Waals surface area contributed by atoms with Crippen LogP contribution in [-0.4, -0.2) is 37.4 Å². The van der Waals surface area contributed by atoms with E-state index in [4.69, 9.17) is 9.47 Å². The van der Waals surface area contributed by atoms with E-state index in [1.165, 1.54) is 5.56 Å². The average Bonchev–Trinajstić information content (AvgIpc) is 3.06. The Bertz CT molecular complexity index is 1140. The van der Waals surface area contributed by atoms with E-state index in [0.29, 0.717) is 31.8 Å². The van der Waals surface area contributed by atoms with Gasteiger partial charge in [0.2, 0.25) is 0 Å². The van der Waals surface area contributed by atoms with Crippen LogP contribution in [0.3, 0.4) is 0 Å². The number of fused-ring (bicyclic) bond motifs is 1. The van der Waals surface area contributed by atoms with Crippen LogP contribution in [0.2, 0.25) is 0 Å². The molecule has 5 nitrogen and oxygen atoms in total. The third-order valence-corrected chi connectivity index (χ3v) is 6.17. The number of nitrogens with zero attached hydrogens (tertiary/aromatic N) is 1. The maximum atomic E-state index is 11.8. The number of rotatable bonds is 11. The van der Waals surface area contributed by atoms with E-state index >= 15 is 0 Å². The predicted octanol–water partition coefficient (Wildman–Crippen LogP) is 6.43. The molecule has 0 aliphatic carbocycles. The fourth-order valence-electron chi connectivity index (χ4n) is 4.22. The molecule has 0 bridgehead atoms. The molecule has 0 saturated heterocycles. The number of hydrogen-bond acceptors (Lipinski definition) is 4. The van der Waals surface area contributed by atoms with Crippen LogP contribution in [0.1, 0.15) is 37.3 Å². The number of ether oxygens (including phenoxy) is 2. The average molecular weight is 472 g/mol. The molecule has 0 unspecified atom stereocenters. The molecule has 0 saturated carbocycles. The van der Waals surface area contributed by atoms with Crippen LogP contribution in [0.4, 0.5) is 5.69 Å². The second-order valence-electron chi connectivity index (χ2n) is 8.74. The zero-order valence-electron chi connectivity index (χ0n) is 20.3. The molecule has 1 N–H and O–H groups in total. The number of benzene rings is 3. The first kappa shape index (κ1) is 24.6. The van der Waals surface area contributed by atoms with Crippen molar-refractivity contribution in [2.45, 2.75) is 32.7 Å². The molecule has 0 fully saturated rings. The van der Waals surface area contributed by atoms with Gasteiger partial charge in [0.05, 0.1) is 6.61 Å². The molecule has 0 aromatic heterocycles. The topological polar surface area (TPSA) is 59.0 Å². The summed E-state index contributed by atoms with van der Waals surface area (Å²) in [6, 6.07) is 24.6. The molecule has 35 heavy (non-hydrogen) atoms. The molecular weight excluding hydrogens is 438 g/mol. The van der Waals surface area contributed by atoms with Crippen molar-refractivity contribution < 1.29 is 19.4 Å². The summed E-state index contributed by atoms with van der Waals surface area (Å²) in [7, 11) is 0. The second kappa shape index (κ2) is 12.2. The Morgan fingerprint density at radius 3 is 2.46 bits per heavy atom. The quantitative estimate of drug-likeness (QED) is 0.327. The van der Waals surface area contributed by atoms with Gasteiger partial charge in [-0.3, -0.25) is 0 Å². The van der Waals surface area contributed by atoms with Gasteiger partial charge in [-0.1, -0.05) is 61.9 Å². The number of carboxylic acid groups (broad SMARTS) is 1. The van der Waals surface area contributed by atoms with Crippen LogP contribution in [-0.2, 0) is 16.1 Å². The first-order valence-corrected chi connectivity index (χ1v) is 12.3. The molecule has 0 radical (unpaired) electrons. The number of aliphatic carboxylic acids is 1. The highest BCUT2D eigenvalue weighted by Gasteiger charge is 2.20. The van der Waals surface area contributed by atoms with Crippen molar-refractivity contribution in [3.63, 3.8) is 0 Å². The van der Waals surface area contributed by atoms with E-state index in [2.05, 4.69) is 42.2 Å². The van der Waals surface area contributed by atoms with E-state index in [-0.39, 0.29) is 0 Å². The summed E-state index contributed by atoms with van der Waals surface area (Å²) in [6.07, 6.45) is 4.52. The summed E-state index contributed by atoms with van der Waals surface area (Å²) in [6.45, 7) is 5.44. The van der Waals surface area contributed by atoms with Gasteiger partial charge in [-0.05, 0) is 65.4 Å². The highest BCUT2D eigenvalue weighted by atomic mass is 16.5. The van der Waals surface area contributed by atoms with Gasteiger partial charge in [-0.2, -0.15) is 0 Å². The monoisotopic (exact) mass is 471 g/mol. The van der Waals surface area contributed by atoms with Crippen molar-refractivity contribution in [3.05, 3.63) is 89.5 Å². The Hall–Kier alpha value is -3.57. The highest BCUT2D eigenvalue weighted by Crippen LogP contribution is 2.33. The van der Waals surface area contributed by atoms with Crippen molar-refractivity contribution in [2.75, 3.05) is 31.3 Å². The van der Waals surface area contributed by atoms with Crippen molar-refractivity contribution in [1.29, 1.82) is 0 Å². The minimum atomic E-state index is -0.858. The Morgan fingerprint density at radius 1 is 0.943 bits per heavy atom. The van der Waals surface area contributed by atoms with Crippen LogP contribution < -0.4 is 9.64 Å². The largest absolute Gasteiger partial charge is 0.491 e. The molecule has 5 heteroatoms. The second-order valence-corrected chi connectivity index (χ2v) is 8.74. The normalized spacial score (nSPS) is 13.1. The van der Waals surface area contributed by atoms with Crippen molar-refractivity contribution >= 4 is 17.7 Å². The summed E-state index contributed by atoms with van der Waals surface area (Å²) < 4.78 is 11.3. The van der Waals surface area contributed by atoms with E-state index in [1.807, 2.05) is 48.5 Å². The van der Waals surface area contributed by atoms with Gasteiger partial charge >= 0.3 is 5.97 Å². The Balaban J connectivity index is 1.51. The molecule has 1 heterocycles. The van der Waals surface area contributed by atoms with Crippen LogP contribution in [0.5, 0.6) is 5.75 Å². The Morgan fingerprint density at radius 2 is 1.71 bits per heavy atom. The van der Waals surface area contributed by atoms with Crippen LogP contribution >= 0.6 is 0 Å². The first-order chi connectivity index (χ1) is 17.1. The minimum absolute atomic E-state index is 0.434. The van der Waals surface area contributed by atoms with Gasteiger partial charge in [-0.15, -0.1) is 0 Å². The molecule has 0 amide bonds. The Labute approximate surface area is 207 Å². The first-order valence-electron chi connectivity index (χ1n) is 12.3. The molecule has 3 aromatic carbocycles. The summed E-state index contributed by atoms with van der Waals surface area (Å²) in [4.78, 5) is 14.1. The van der Waals surface area contributed by atoms with E-state index < -0.39 is 5.97 Å². The van der Waals surface area contributed by atoms with Gasteiger partial charge in [0, 0.05) is 31.0 Å². The molecule has 0 atom stereocenters. The van der Waals surface area contributed by atoms with E-state index in [0.717, 1.165) is 54.1 Å². The Kier molecular flexibility index (Phi) is 8.58. The van der Waals surface area contributed by atoms with Crippen molar-refractivity contribution in [3.8, 4) is 16.9 Å². The summed E-state index contributed by atoms with van der Waals surface area (Å²) in [5.74, 6) is -0.0483. The van der Waals surface area contributed by atoms with Crippen molar-refractivity contribution in [1.82, 2.24) is 0 Å². The van der Waals surface area contributed by atoms with Crippen LogP contribution in [0.15, 0.2) is 78.4 Å². The SMILES string of the molecule is CCCCOCCOc1ccc(-c2ccc3c(c2)C=C(C(=O)O)CCN3Cc2ccccc2)cc1. The van der Waals surface area contributed by atoms with E-state index in [9.17, 15) is 9.90 Å².